The molecule has 4 aromatic heterocycles. The fraction of sp³-hybridized carbons (Fsp3) is 0.200. The zero-order valence-corrected chi connectivity index (χ0v) is 18.3. The molecule has 2 N–H and O–H groups in total. The summed E-state index contributed by atoms with van der Waals surface area (Å²) in [6.45, 7) is 9.44. The number of carbonyl (C=O) groups excluding carboxylic acids is 1. The topological polar surface area (TPSA) is 92.8 Å². The van der Waals surface area contributed by atoms with Gasteiger partial charge in [0.1, 0.15) is 11.5 Å². The number of rotatable bonds is 7. The Balaban J connectivity index is 1.81. The van der Waals surface area contributed by atoms with Gasteiger partial charge in [-0.1, -0.05) is 13.5 Å². The number of H-pyrrole nitrogens is 1. The van der Waals surface area contributed by atoms with E-state index in [0.717, 1.165) is 45.4 Å². The van der Waals surface area contributed by atoms with Crippen molar-refractivity contribution in [1.29, 1.82) is 0 Å². The molecular formula is C25H25N5O2. The average Bonchev–Trinajstić information content (AvgIpc) is 3.21. The van der Waals surface area contributed by atoms with Crippen LogP contribution < -0.4 is 10.1 Å². The van der Waals surface area contributed by atoms with Gasteiger partial charge >= 0.3 is 0 Å². The number of amides is 1. The van der Waals surface area contributed by atoms with Crippen molar-refractivity contribution in [3.8, 4) is 28.1 Å². The molecular weight excluding hydrogens is 402 g/mol. The molecule has 0 radical (unpaired) electrons. The fourth-order valence-corrected chi connectivity index (χ4v) is 3.45. The smallest absolute Gasteiger partial charge is 0.248 e. The first-order chi connectivity index (χ1) is 15.5. The van der Waals surface area contributed by atoms with Crippen molar-refractivity contribution >= 4 is 22.8 Å². The monoisotopic (exact) mass is 427 g/mol. The van der Waals surface area contributed by atoms with Crippen molar-refractivity contribution in [3.05, 3.63) is 67.3 Å². The summed E-state index contributed by atoms with van der Waals surface area (Å²) < 4.78 is 5.80. The molecule has 4 heterocycles. The summed E-state index contributed by atoms with van der Waals surface area (Å²) in [4.78, 5) is 28.5. The van der Waals surface area contributed by atoms with Crippen LogP contribution in [0.25, 0.3) is 33.3 Å². The van der Waals surface area contributed by atoms with Crippen LogP contribution in [0.15, 0.2) is 61.6 Å². The maximum Gasteiger partial charge on any atom is 0.248 e. The second kappa shape index (κ2) is 9.01. The van der Waals surface area contributed by atoms with E-state index in [1.54, 1.807) is 12.3 Å². The van der Waals surface area contributed by atoms with Crippen molar-refractivity contribution in [2.24, 2.45) is 0 Å². The molecule has 0 aliphatic heterocycles. The van der Waals surface area contributed by atoms with Crippen LogP contribution in [0, 0.1) is 0 Å². The highest BCUT2D eigenvalue weighted by molar-refractivity contribution is 5.99. The predicted octanol–water partition coefficient (Wildman–Crippen LogP) is 5.16. The molecule has 0 unspecified atom stereocenters. The van der Waals surface area contributed by atoms with E-state index in [4.69, 9.17) is 4.74 Å². The SMILES string of the molecule is C=CC(=O)Nc1cc(-c2cnc3[nH]cc(-c4ccnc(CC)c4)c3c2)cc(OC(C)C)n1. The van der Waals surface area contributed by atoms with Gasteiger partial charge < -0.3 is 15.0 Å². The highest BCUT2D eigenvalue weighted by atomic mass is 16.5. The first-order valence-corrected chi connectivity index (χ1v) is 10.5. The van der Waals surface area contributed by atoms with E-state index in [9.17, 15) is 4.79 Å². The van der Waals surface area contributed by atoms with Gasteiger partial charge in [0.15, 0.2) is 0 Å². The number of carbonyl (C=O) groups is 1. The molecule has 0 aliphatic rings. The second-order valence-corrected chi connectivity index (χ2v) is 7.65. The Morgan fingerprint density at radius 2 is 2.03 bits per heavy atom. The second-order valence-electron chi connectivity index (χ2n) is 7.65. The number of aromatic nitrogens is 4. The zero-order valence-electron chi connectivity index (χ0n) is 18.3. The first-order valence-electron chi connectivity index (χ1n) is 10.5. The van der Waals surface area contributed by atoms with Gasteiger partial charge in [-0.2, -0.15) is 4.98 Å². The Kier molecular flexibility index (Phi) is 5.98. The number of hydrogen-bond donors (Lipinski definition) is 2. The van der Waals surface area contributed by atoms with E-state index in [1.165, 1.54) is 6.08 Å². The number of pyridine rings is 3. The molecule has 7 heteroatoms. The van der Waals surface area contributed by atoms with Gasteiger partial charge in [0.05, 0.1) is 6.10 Å². The van der Waals surface area contributed by atoms with E-state index < -0.39 is 0 Å². The van der Waals surface area contributed by atoms with Crippen LogP contribution in [0.4, 0.5) is 5.82 Å². The van der Waals surface area contributed by atoms with Crippen LogP contribution in [-0.4, -0.2) is 31.9 Å². The Morgan fingerprint density at radius 3 is 2.78 bits per heavy atom. The maximum atomic E-state index is 11.8. The minimum atomic E-state index is -0.337. The van der Waals surface area contributed by atoms with Crippen LogP contribution in [0.3, 0.4) is 0 Å². The van der Waals surface area contributed by atoms with Gasteiger partial charge in [0, 0.05) is 46.9 Å². The van der Waals surface area contributed by atoms with Gasteiger partial charge in [-0.25, -0.2) is 4.98 Å². The molecule has 1 amide bonds. The third-order valence-electron chi connectivity index (χ3n) is 4.95. The number of nitrogens with one attached hydrogen (secondary N) is 2. The lowest BCUT2D eigenvalue weighted by Gasteiger charge is -2.13. The van der Waals surface area contributed by atoms with Crippen LogP contribution in [0.1, 0.15) is 26.5 Å². The summed E-state index contributed by atoms with van der Waals surface area (Å²) in [5.74, 6) is 0.475. The standard InChI is InChI=1S/C25H25N5O2/c1-5-19-9-16(7-8-26-19)21-14-28-25-20(21)10-18(13-27-25)17-11-22(29-23(31)6-2)30-24(12-17)32-15(3)4/h6-15H,2,5H2,1,3-4H3,(H,27,28)(H,29,30,31). The molecule has 0 aliphatic carbocycles. The summed E-state index contributed by atoms with van der Waals surface area (Å²) in [6.07, 6.45) is 7.60. The van der Waals surface area contributed by atoms with Crippen LogP contribution in [0.5, 0.6) is 5.88 Å². The third kappa shape index (κ3) is 4.51. The minimum absolute atomic E-state index is 0.0583. The molecule has 7 nitrogen and oxygen atoms in total. The number of hydrogen-bond acceptors (Lipinski definition) is 5. The highest BCUT2D eigenvalue weighted by Gasteiger charge is 2.13. The van der Waals surface area contributed by atoms with Gasteiger partial charge in [0.25, 0.3) is 0 Å². The van der Waals surface area contributed by atoms with Crippen molar-refractivity contribution in [3.63, 3.8) is 0 Å². The summed E-state index contributed by atoms with van der Waals surface area (Å²) in [5.41, 5.74) is 5.69. The molecule has 0 saturated heterocycles. The molecule has 0 fully saturated rings. The minimum Gasteiger partial charge on any atom is -0.475 e. The lowest BCUT2D eigenvalue weighted by Crippen LogP contribution is -2.11. The van der Waals surface area contributed by atoms with E-state index in [2.05, 4.69) is 50.9 Å². The van der Waals surface area contributed by atoms with E-state index >= 15 is 0 Å². The molecule has 0 spiro atoms. The summed E-state index contributed by atoms with van der Waals surface area (Å²) in [5, 5.41) is 3.71. The zero-order chi connectivity index (χ0) is 22.7. The van der Waals surface area contributed by atoms with E-state index in [0.29, 0.717) is 11.7 Å². The molecule has 0 saturated carbocycles. The number of anilines is 1. The normalized spacial score (nSPS) is 11.0. The molecule has 4 rings (SSSR count). The number of fused-ring (bicyclic) bond motifs is 1. The highest BCUT2D eigenvalue weighted by Crippen LogP contribution is 2.33. The summed E-state index contributed by atoms with van der Waals surface area (Å²) in [7, 11) is 0. The van der Waals surface area contributed by atoms with Crippen LogP contribution >= 0.6 is 0 Å². The predicted molar refractivity (Wildman–Crippen MR) is 127 cm³/mol. The fourth-order valence-electron chi connectivity index (χ4n) is 3.45. The van der Waals surface area contributed by atoms with Crippen LogP contribution in [-0.2, 0) is 11.2 Å². The quantitative estimate of drug-likeness (QED) is 0.397. The molecule has 0 bridgehead atoms. The largest absolute Gasteiger partial charge is 0.475 e. The Morgan fingerprint density at radius 1 is 1.19 bits per heavy atom. The number of ether oxygens (including phenoxy) is 1. The van der Waals surface area contributed by atoms with Gasteiger partial charge in [-0.05, 0) is 61.7 Å². The lowest BCUT2D eigenvalue weighted by atomic mass is 10.0. The van der Waals surface area contributed by atoms with Crippen molar-refractivity contribution in [1.82, 2.24) is 19.9 Å². The van der Waals surface area contributed by atoms with Gasteiger partial charge in [0.2, 0.25) is 11.8 Å². The van der Waals surface area contributed by atoms with Crippen molar-refractivity contribution in [2.45, 2.75) is 33.3 Å². The van der Waals surface area contributed by atoms with E-state index in [-0.39, 0.29) is 12.0 Å². The lowest BCUT2D eigenvalue weighted by molar-refractivity contribution is -0.111. The Hall–Kier alpha value is -4.00. The Labute approximate surface area is 186 Å². The van der Waals surface area contributed by atoms with Crippen molar-refractivity contribution in [2.75, 3.05) is 5.32 Å². The van der Waals surface area contributed by atoms with Gasteiger partial charge in [-0.3, -0.25) is 9.78 Å². The van der Waals surface area contributed by atoms with E-state index in [1.807, 2.05) is 38.4 Å². The molecule has 0 aromatic carbocycles. The molecule has 4 aromatic rings. The number of aromatic amines is 1. The number of nitrogens with zero attached hydrogens (tertiary/aromatic N) is 3. The maximum absolute atomic E-state index is 11.8. The molecule has 0 atom stereocenters. The summed E-state index contributed by atoms with van der Waals surface area (Å²) >= 11 is 0. The Bertz CT molecular complexity index is 1290. The molecule has 162 valence electrons. The van der Waals surface area contributed by atoms with Crippen molar-refractivity contribution < 1.29 is 9.53 Å². The summed E-state index contributed by atoms with van der Waals surface area (Å²) in [6, 6.07) is 9.82. The first kappa shape index (κ1) is 21.2. The number of aryl methyl sites for hydroxylation is 1. The average molecular weight is 428 g/mol. The third-order valence-corrected chi connectivity index (χ3v) is 4.95. The van der Waals surface area contributed by atoms with Gasteiger partial charge in [-0.15, -0.1) is 0 Å². The van der Waals surface area contributed by atoms with Crippen LogP contribution in [0.2, 0.25) is 0 Å². The molecule has 32 heavy (non-hydrogen) atoms.